The molecular weight excluding hydrogens is 342 g/mol. The first kappa shape index (κ1) is 16.8. The molecule has 0 spiro atoms. The van der Waals surface area contributed by atoms with Crippen LogP contribution in [-0.2, 0) is 4.79 Å². The number of hydrogen-bond acceptors (Lipinski definition) is 5. The minimum atomic E-state index is -0.0354. The number of benzene rings is 1. The number of aromatic nitrogens is 2. The topological polar surface area (TPSA) is 77.2 Å². The Bertz CT molecular complexity index is 765. The summed E-state index contributed by atoms with van der Waals surface area (Å²) in [4.78, 5) is 12.3. The molecule has 6 heteroatoms. The summed E-state index contributed by atoms with van der Waals surface area (Å²) in [5.74, 6) is 3.80. The lowest BCUT2D eigenvalue weighted by atomic mass is 9.49. The number of nitrogens with zero attached hydrogens (tertiary/aromatic N) is 2. The molecule has 1 heterocycles. The van der Waals surface area contributed by atoms with Gasteiger partial charge in [-0.25, -0.2) is 0 Å². The van der Waals surface area contributed by atoms with E-state index in [9.17, 15) is 4.79 Å². The maximum Gasteiger partial charge on any atom is 0.257 e. The molecule has 142 valence electrons. The fourth-order valence-electron chi connectivity index (χ4n) is 5.99. The average molecular weight is 367 g/mol. The number of amides is 1. The number of rotatable bonds is 6. The molecule has 4 aliphatic rings. The summed E-state index contributed by atoms with van der Waals surface area (Å²) >= 11 is 0. The first-order valence-corrected chi connectivity index (χ1v) is 9.94. The number of nitrogens with one attached hydrogen (secondary N) is 1. The minimum absolute atomic E-state index is 0.0354. The summed E-state index contributed by atoms with van der Waals surface area (Å²) in [5.41, 5.74) is 1.18. The number of hydrogen-bond donors (Lipinski definition) is 1. The quantitative estimate of drug-likeness (QED) is 0.846. The molecule has 1 N–H and O–H groups in total. The summed E-state index contributed by atoms with van der Waals surface area (Å²) in [6.07, 6.45) is 9.49. The third-order valence-corrected chi connectivity index (χ3v) is 6.66. The van der Waals surface area contributed by atoms with Gasteiger partial charge in [0.25, 0.3) is 5.91 Å². The predicted octanol–water partition coefficient (Wildman–Crippen LogP) is 3.45. The highest BCUT2D eigenvalue weighted by molar-refractivity contribution is 5.77. The van der Waals surface area contributed by atoms with Crippen LogP contribution in [0.1, 0.15) is 38.5 Å². The lowest BCUT2D eigenvalue weighted by Gasteiger charge is -2.56. The van der Waals surface area contributed by atoms with Crippen molar-refractivity contribution in [2.24, 2.45) is 23.2 Å². The molecule has 1 amide bonds. The molecule has 4 saturated carbocycles. The number of carbonyl (C=O) groups excluding carboxylic acids is 1. The molecule has 4 aliphatic carbocycles. The Labute approximate surface area is 158 Å². The van der Waals surface area contributed by atoms with Gasteiger partial charge in [-0.3, -0.25) is 4.79 Å². The Hall–Kier alpha value is -2.37. The van der Waals surface area contributed by atoms with Crippen molar-refractivity contribution in [3.63, 3.8) is 0 Å². The lowest BCUT2D eigenvalue weighted by Crippen LogP contribution is -2.51. The van der Waals surface area contributed by atoms with Gasteiger partial charge in [-0.05, 0) is 86.0 Å². The van der Waals surface area contributed by atoms with E-state index in [2.05, 4.69) is 15.5 Å². The van der Waals surface area contributed by atoms with Crippen molar-refractivity contribution in [1.82, 2.24) is 15.5 Å². The third kappa shape index (κ3) is 3.45. The Morgan fingerprint density at radius 1 is 1.11 bits per heavy atom. The van der Waals surface area contributed by atoms with Gasteiger partial charge in [-0.1, -0.05) is 0 Å². The Balaban J connectivity index is 1.12. The first-order valence-electron chi connectivity index (χ1n) is 9.94. The second kappa shape index (κ2) is 6.66. The van der Waals surface area contributed by atoms with E-state index in [1.54, 1.807) is 0 Å². The van der Waals surface area contributed by atoms with E-state index in [0.717, 1.165) is 29.9 Å². The molecule has 4 fully saturated rings. The van der Waals surface area contributed by atoms with Crippen LogP contribution in [0.4, 0.5) is 0 Å². The molecule has 6 nitrogen and oxygen atoms in total. The van der Waals surface area contributed by atoms with E-state index in [0.29, 0.717) is 17.1 Å². The zero-order valence-corrected chi connectivity index (χ0v) is 15.4. The molecule has 0 saturated heterocycles. The fraction of sp³-hybridized carbons (Fsp3) is 0.571. The maximum atomic E-state index is 12.3. The average Bonchev–Trinajstić information content (AvgIpc) is 3.19. The van der Waals surface area contributed by atoms with Crippen molar-refractivity contribution in [1.29, 1.82) is 0 Å². The van der Waals surface area contributed by atoms with Crippen LogP contribution in [0.5, 0.6) is 5.75 Å². The molecular formula is C21H25N3O3. The smallest absolute Gasteiger partial charge is 0.257 e. The molecule has 1 aromatic carbocycles. The van der Waals surface area contributed by atoms with Gasteiger partial charge >= 0.3 is 0 Å². The Kier molecular flexibility index (Phi) is 4.14. The van der Waals surface area contributed by atoms with Gasteiger partial charge in [0, 0.05) is 12.1 Å². The third-order valence-electron chi connectivity index (χ3n) is 6.66. The van der Waals surface area contributed by atoms with Gasteiger partial charge in [0.1, 0.15) is 5.75 Å². The predicted molar refractivity (Wildman–Crippen MR) is 98.8 cm³/mol. The van der Waals surface area contributed by atoms with Crippen molar-refractivity contribution in [2.75, 3.05) is 13.2 Å². The highest BCUT2D eigenvalue weighted by Gasteiger charge is 2.50. The van der Waals surface area contributed by atoms with Gasteiger partial charge in [0.2, 0.25) is 12.3 Å². The minimum Gasteiger partial charge on any atom is -0.484 e. The van der Waals surface area contributed by atoms with Crippen molar-refractivity contribution in [3.8, 4) is 17.2 Å². The highest BCUT2D eigenvalue weighted by Crippen LogP contribution is 2.59. The number of ether oxygens (including phenoxy) is 1. The van der Waals surface area contributed by atoms with Crippen LogP contribution in [0.2, 0.25) is 0 Å². The van der Waals surface area contributed by atoms with E-state index >= 15 is 0 Å². The van der Waals surface area contributed by atoms with Gasteiger partial charge in [0.05, 0.1) is 0 Å². The SMILES string of the molecule is O=C(COc1ccc(-c2nnco2)cc1)NCC12CC3CC(CC(C3)C1)C2. The summed E-state index contributed by atoms with van der Waals surface area (Å²) in [6, 6.07) is 7.31. The maximum absolute atomic E-state index is 12.3. The van der Waals surface area contributed by atoms with Gasteiger partial charge < -0.3 is 14.5 Å². The van der Waals surface area contributed by atoms with Gasteiger partial charge in [-0.2, -0.15) is 0 Å². The standard InChI is InChI=1S/C21H25N3O3/c25-19(11-26-18-3-1-17(2-4-18)20-24-23-13-27-20)22-12-21-8-14-5-15(9-21)7-16(6-14)10-21/h1-4,13-16H,5-12H2,(H,22,25). The van der Waals surface area contributed by atoms with Crippen LogP contribution in [0.15, 0.2) is 35.1 Å². The van der Waals surface area contributed by atoms with E-state index in [4.69, 9.17) is 9.15 Å². The summed E-state index contributed by atoms with van der Waals surface area (Å²) in [7, 11) is 0. The molecule has 27 heavy (non-hydrogen) atoms. The van der Waals surface area contributed by atoms with Crippen molar-refractivity contribution in [3.05, 3.63) is 30.7 Å². The van der Waals surface area contributed by atoms with Crippen molar-refractivity contribution in [2.45, 2.75) is 38.5 Å². The lowest BCUT2D eigenvalue weighted by molar-refractivity contribution is -0.125. The van der Waals surface area contributed by atoms with E-state index in [1.165, 1.54) is 44.9 Å². The normalized spacial score (nSPS) is 31.0. The molecule has 4 bridgehead atoms. The summed E-state index contributed by atoms with van der Waals surface area (Å²) in [6.45, 7) is 0.862. The molecule has 0 atom stereocenters. The van der Waals surface area contributed by atoms with E-state index < -0.39 is 0 Å². The zero-order valence-electron chi connectivity index (χ0n) is 15.4. The van der Waals surface area contributed by atoms with Crippen molar-refractivity contribution < 1.29 is 13.9 Å². The molecule has 0 aliphatic heterocycles. The van der Waals surface area contributed by atoms with Crippen LogP contribution in [0.25, 0.3) is 11.5 Å². The number of carbonyl (C=O) groups is 1. The first-order chi connectivity index (χ1) is 13.2. The van der Waals surface area contributed by atoms with Crippen LogP contribution in [-0.4, -0.2) is 29.3 Å². The van der Waals surface area contributed by atoms with E-state index in [-0.39, 0.29) is 12.5 Å². The second-order valence-electron chi connectivity index (χ2n) is 8.75. The largest absolute Gasteiger partial charge is 0.484 e. The van der Waals surface area contributed by atoms with Crippen molar-refractivity contribution >= 4 is 5.91 Å². The van der Waals surface area contributed by atoms with Crippen LogP contribution >= 0.6 is 0 Å². The Morgan fingerprint density at radius 3 is 2.37 bits per heavy atom. The molecule has 6 rings (SSSR count). The van der Waals surface area contributed by atoms with Crippen LogP contribution in [0.3, 0.4) is 0 Å². The van der Waals surface area contributed by atoms with Crippen LogP contribution < -0.4 is 10.1 Å². The molecule has 1 aromatic heterocycles. The molecule has 0 radical (unpaired) electrons. The zero-order chi connectivity index (χ0) is 18.3. The highest BCUT2D eigenvalue weighted by atomic mass is 16.5. The molecule has 2 aromatic rings. The molecule has 0 unspecified atom stereocenters. The Morgan fingerprint density at radius 2 is 1.78 bits per heavy atom. The van der Waals surface area contributed by atoms with E-state index in [1.807, 2.05) is 24.3 Å². The summed E-state index contributed by atoms with van der Waals surface area (Å²) < 4.78 is 10.8. The fourth-order valence-corrected chi connectivity index (χ4v) is 5.99. The van der Waals surface area contributed by atoms with Crippen LogP contribution in [0, 0.1) is 23.2 Å². The van der Waals surface area contributed by atoms with Gasteiger partial charge in [0.15, 0.2) is 6.61 Å². The second-order valence-corrected chi connectivity index (χ2v) is 8.75. The monoisotopic (exact) mass is 367 g/mol. The summed E-state index contributed by atoms with van der Waals surface area (Å²) in [5, 5.41) is 10.7. The van der Waals surface area contributed by atoms with Gasteiger partial charge in [-0.15, -0.1) is 10.2 Å².